The number of hydrogen-bond donors (Lipinski definition) is 0. The lowest BCUT2D eigenvalue weighted by molar-refractivity contribution is 0.670. The van der Waals surface area contributed by atoms with Crippen LogP contribution >= 0.6 is 0 Å². The Bertz CT molecular complexity index is 2790. The molecule has 2 heterocycles. The molecule has 8 aromatic carbocycles. The molecule has 0 aliphatic rings. The maximum atomic E-state index is 6.72. The molecular weight excluding hydrogens is 597 g/mol. The van der Waals surface area contributed by atoms with Gasteiger partial charge in [-0.2, -0.15) is 0 Å². The van der Waals surface area contributed by atoms with E-state index in [2.05, 4.69) is 191 Å². The molecule has 0 fully saturated rings. The van der Waals surface area contributed by atoms with E-state index in [0.29, 0.717) is 0 Å². The van der Waals surface area contributed by atoms with E-state index in [1.165, 1.54) is 32.6 Å². The second-order valence-corrected chi connectivity index (χ2v) is 12.6. The number of anilines is 3. The maximum Gasteiger partial charge on any atom is 0.143 e. The van der Waals surface area contributed by atoms with Crippen molar-refractivity contribution in [2.45, 2.75) is 0 Å². The van der Waals surface area contributed by atoms with Gasteiger partial charge in [-0.3, -0.25) is 0 Å². The Morgan fingerprint density at radius 2 is 1.00 bits per heavy atom. The predicted octanol–water partition coefficient (Wildman–Crippen LogP) is 13.0. The summed E-state index contributed by atoms with van der Waals surface area (Å²) in [6.45, 7) is 0. The molecule has 10 aromatic rings. The van der Waals surface area contributed by atoms with Gasteiger partial charge >= 0.3 is 0 Å². The summed E-state index contributed by atoms with van der Waals surface area (Å²) < 4.78 is 9.10. The molecule has 0 radical (unpaired) electrons. The third-order valence-electron chi connectivity index (χ3n) is 9.74. The summed E-state index contributed by atoms with van der Waals surface area (Å²) in [7, 11) is 0. The van der Waals surface area contributed by atoms with Crippen molar-refractivity contribution in [2.75, 3.05) is 4.90 Å². The highest BCUT2D eigenvalue weighted by Crippen LogP contribution is 2.45. The van der Waals surface area contributed by atoms with Crippen molar-refractivity contribution in [1.82, 2.24) is 4.57 Å². The van der Waals surface area contributed by atoms with Gasteiger partial charge in [-0.1, -0.05) is 121 Å². The molecule has 0 spiro atoms. The van der Waals surface area contributed by atoms with Crippen LogP contribution in [-0.4, -0.2) is 4.57 Å². The van der Waals surface area contributed by atoms with Crippen molar-refractivity contribution < 1.29 is 4.42 Å². The minimum absolute atomic E-state index is 0.896. The molecule has 0 atom stereocenters. The molecule has 0 unspecified atom stereocenters. The van der Waals surface area contributed by atoms with Gasteiger partial charge in [-0.05, 0) is 71.4 Å². The van der Waals surface area contributed by atoms with E-state index in [0.717, 1.165) is 55.8 Å². The number of rotatable bonds is 5. The first-order chi connectivity index (χ1) is 24.3. The molecule has 0 saturated carbocycles. The Kier molecular flexibility index (Phi) is 6.18. The highest BCUT2D eigenvalue weighted by atomic mass is 16.3. The summed E-state index contributed by atoms with van der Waals surface area (Å²) >= 11 is 0. The van der Waals surface area contributed by atoms with Crippen LogP contribution in [0.25, 0.3) is 71.3 Å². The smallest absolute Gasteiger partial charge is 0.143 e. The normalized spacial score (nSPS) is 11.7. The van der Waals surface area contributed by atoms with Gasteiger partial charge in [0, 0.05) is 49.7 Å². The first-order valence-corrected chi connectivity index (χ1v) is 16.7. The molecule has 0 aliphatic carbocycles. The van der Waals surface area contributed by atoms with E-state index in [-0.39, 0.29) is 0 Å². The zero-order valence-corrected chi connectivity index (χ0v) is 26.6. The van der Waals surface area contributed by atoms with Gasteiger partial charge in [0.15, 0.2) is 0 Å². The Hall–Kier alpha value is -6.58. The highest BCUT2D eigenvalue weighted by Gasteiger charge is 2.21. The minimum atomic E-state index is 0.896. The lowest BCUT2D eigenvalue weighted by atomic mass is 9.99. The Morgan fingerprint density at radius 1 is 0.408 bits per heavy atom. The van der Waals surface area contributed by atoms with E-state index >= 15 is 0 Å². The number of furan rings is 1. The standard InChI is InChI=1S/C46H30N2O/c1-2-16-33(17-3-1)47(34-18-12-19-35(30-34)48-43-26-10-6-20-36(43)37-21-7-11-27-44(37)48)42-25-9-8-22-38(42)39-23-13-24-40-41-28-31-14-4-5-15-32(31)29-45(41)49-46(39)40/h1-30H. The lowest BCUT2D eigenvalue weighted by Crippen LogP contribution is -2.11. The van der Waals surface area contributed by atoms with Crippen molar-refractivity contribution in [3.8, 4) is 16.8 Å². The monoisotopic (exact) mass is 626 g/mol. The average molecular weight is 627 g/mol. The molecule has 230 valence electrons. The summed E-state index contributed by atoms with van der Waals surface area (Å²) in [6, 6.07) is 64.9. The molecular formula is C46H30N2O. The van der Waals surface area contributed by atoms with Gasteiger partial charge in [0.1, 0.15) is 11.2 Å². The zero-order chi connectivity index (χ0) is 32.3. The molecule has 0 N–H and O–H groups in total. The summed E-state index contributed by atoms with van der Waals surface area (Å²) in [5.74, 6) is 0. The number of nitrogens with zero attached hydrogens (tertiary/aromatic N) is 2. The molecule has 0 amide bonds. The van der Waals surface area contributed by atoms with E-state index in [1.807, 2.05) is 0 Å². The maximum absolute atomic E-state index is 6.72. The van der Waals surface area contributed by atoms with Crippen LogP contribution in [0, 0.1) is 0 Å². The summed E-state index contributed by atoms with van der Waals surface area (Å²) in [5.41, 5.74) is 10.7. The van der Waals surface area contributed by atoms with Crippen LogP contribution in [0.3, 0.4) is 0 Å². The lowest BCUT2D eigenvalue weighted by Gasteiger charge is -2.28. The van der Waals surface area contributed by atoms with Crippen LogP contribution in [0.5, 0.6) is 0 Å². The SMILES string of the molecule is c1ccc(N(c2cccc(-n3c4ccccc4c4ccccc43)c2)c2ccccc2-c2cccc3c2oc2cc4ccccc4cc23)cc1. The highest BCUT2D eigenvalue weighted by molar-refractivity contribution is 6.14. The third-order valence-corrected chi connectivity index (χ3v) is 9.74. The van der Waals surface area contributed by atoms with Crippen molar-refractivity contribution in [3.63, 3.8) is 0 Å². The first kappa shape index (κ1) is 27.5. The first-order valence-electron chi connectivity index (χ1n) is 16.7. The van der Waals surface area contributed by atoms with Crippen LogP contribution in [0.1, 0.15) is 0 Å². The summed E-state index contributed by atoms with van der Waals surface area (Å²) in [4.78, 5) is 2.36. The van der Waals surface area contributed by atoms with Gasteiger partial charge < -0.3 is 13.9 Å². The molecule has 0 aliphatic heterocycles. The molecule has 10 rings (SSSR count). The fourth-order valence-corrected chi connectivity index (χ4v) is 7.57. The van der Waals surface area contributed by atoms with E-state index in [4.69, 9.17) is 4.42 Å². The van der Waals surface area contributed by atoms with Crippen molar-refractivity contribution in [2.24, 2.45) is 0 Å². The Balaban J connectivity index is 1.19. The third kappa shape index (κ3) is 4.37. The Labute approximate surface area is 283 Å². The fourth-order valence-electron chi connectivity index (χ4n) is 7.57. The molecule has 3 nitrogen and oxygen atoms in total. The summed E-state index contributed by atoms with van der Waals surface area (Å²) in [5, 5.41) is 7.14. The quantitative estimate of drug-likeness (QED) is 0.190. The largest absolute Gasteiger partial charge is 0.455 e. The Morgan fingerprint density at radius 3 is 1.80 bits per heavy atom. The minimum Gasteiger partial charge on any atom is -0.455 e. The van der Waals surface area contributed by atoms with Crippen molar-refractivity contribution in [3.05, 3.63) is 182 Å². The summed E-state index contributed by atoms with van der Waals surface area (Å²) in [6.07, 6.45) is 0. The van der Waals surface area contributed by atoms with Gasteiger partial charge in [-0.15, -0.1) is 0 Å². The average Bonchev–Trinajstić information content (AvgIpc) is 3.70. The van der Waals surface area contributed by atoms with Crippen molar-refractivity contribution >= 4 is 71.6 Å². The second-order valence-electron chi connectivity index (χ2n) is 12.6. The zero-order valence-electron chi connectivity index (χ0n) is 26.6. The van der Waals surface area contributed by atoms with Crippen LogP contribution in [0.2, 0.25) is 0 Å². The van der Waals surface area contributed by atoms with Gasteiger partial charge in [0.2, 0.25) is 0 Å². The molecule has 49 heavy (non-hydrogen) atoms. The number of benzene rings is 8. The number of para-hydroxylation sites is 5. The molecule has 0 bridgehead atoms. The van der Waals surface area contributed by atoms with Gasteiger partial charge in [-0.25, -0.2) is 0 Å². The molecule has 2 aromatic heterocycles. The predicted molar refractivity (Wildman–Crippen MR) is 206 cm³/mol. The topological polar surface area (TPSA) is 21.3 Å². The van der Waals surface area contributed by atoms with Crippen molar-refractivity contribution in [1.29, 1.82) is 0 Å². The van der Waals surface area contributed by atoms with Gasteiger partial charge in [0.05, 0.1) is 16.7 Å². The number of hydrogen-bond acceptors (Lipinski definition) is 2. The van der Waals surface area contributed by atoms with Gasteiger partial charge in [0.25, 0.3) is 0 Å². The fraction of sp³-hybridized carbons (Fsp3) is 0. The van der Waals surface area contributed by atoms with E-state index in [1.54, 1.807) is 0 Å². The molecule has 3 heteroatoms. The van der Waals surface area contributed by atoms with Crippen LogP contribution in [0.15, 0.2) is 186 Å². The van der Waals surface area contributed by atoms with E-state index < -0.39 is 0 Å². The van der Waals surface area contributed by atoms with E-state index in [9.17, 15) is 0 Å². The molecule has 0 saturated heterocycles. The number of fused-ring (bicyclic) bond motifs is 7. The van der Waals surface area contributed by atoms with Crippen LogP contribution < -0.4 is 4.90 Å². The second kappa shape index (κ2) is 11.0. The van der Waals surface area contributed by atoms with Crippen LogP contribution in [0.4, 0.5) is 17.1 Å². The van der Waals surface area contributed by atoms with Crippen LogP contribution in [-0.2, 0) is 0 Å². The number of aromatic nitrogens is 1.